The summed E-state index contributed by atoms with van der Waals surface area (Å²) in [5, 5.41) is 6.85. The molecule has 0 atom stereocenters. The number of hydrogen-bond donors (Lipinski definition) is 0. The highest BCUT2D eigenvalue weighted by Gasteiger charge is 2.13. The molecule has 0 aliphatic heterocycles. The van der Waals surface area contributed by atoms with Gasteiger partial charge in [0.2, 0.25) is 4.80 Å². The van der Waals surface area contributed by atoms with Gasteiger partial charge in [0.05, 0.1) is 12.8 Å². The van der Waals surface area contributed by atoms with Crippen LogP contribution in [0.4, 0.5) is 0 Å². The lowest BCUT2D eigenvalue weighted by molar-refractivity contribution is 0.575. The van der Waals surface area contributed by atoms with Crippen LogP contribution in [0.25, 0.3) is 11.5 Å². The molecule has 0 saturated heterocycles. The van der Waals surface area contributed by atoms with E-state index in [0.717, 1.165) is 16.3 Å². The van der Waals surface area contributed by atoms with E-state index >= 15 is 0 Å². The maximum absolute atomic E-state index is 5.60. The van der Waals surface area contributed by atoms with E-state index < -0.39 is 0 Å². The lowest BCUT2D eigenvalue weighted by Gasteiger charge is -2.13. The Labute approximate surface area is 173 Å². The van der Waals surface area contributed by atoms with E-state index in [9.17, 15) is 0 Å². The molecule has 5 heteroatoms. The lowest BCUT2D eigenvalue weighted by atomic mass is 9.92. The molecule has 2 aromatic carbocycles. The van der Waals surface area contributed by atoms with Crippen molar-refractivity contribution in [3.63, 3.8) is 0 Å². The maximum Gasteiger partial charge on any atom is 0.206 e. The third-order valence-electron chi connectivity index (χ3n) is 4.46. The number of nitrogens with zero attached hydrogens (tertiary/aromatic N) is 3. The molecule has 4 rings (SSSR count). The number of hydrogen-bond acceptors (Lipinski definition) is 4. The Kier molecular flexibility index (Phi) is 5.98. The molecule has 0 saturated carbocycles. The molecule has 2 aromatic heterocycles. The van der Waals surface area contributed by atoms with Crippen LogP contribution in [0.15, 0.2) is 112 Å². The van der Waals surface area contributed by atoms with Crippen LogP contribution in [0.3, 0.4) is 0 Å². The van der Waals surface area contributed by atoms with Crippen LogP contribution in [0.1, 0.15) is 17.0 Å². The van der Waals surface area contributed by atoms with Crippen molar-refractivity contribution in [3.05, 3.63) is 113 Å². The predicted molar refractivity (Wildman–Crippen MR) is 119 cm³/mol. The summed E-state index contributed by atoms with van der Waals surface area (Å²) in [4.78, 5) is 5.39. The van der Waals surface area contributed by atoms with Gasteiger partial charge in [-0.15, -0.1) is 17.9 Å². The van der Waals surface area contributed by atoms with Crippen molar-refractivity contribution in [1.82, 2.24) is 4.68 Å². The molecule has 144 valence electrons. The lowest BCUT2D eigenvalue weighted by Crippen LogP contribution is -2.14. The zero-order valence-electron chi connectivity index (χ0n) is 15.9. The van der Waals surface area contributed by atoms with Crippen molar-refractivity contribution >= 4 is 17.6 Å². The van der Waals surface area contributed by atoms with Crippen LogP contribution in [-0.4, -0.2) is 17.4 Å². The van der Waals surface area contributed by atoms with Crippen molar-refractivity contribution in [1.29, 1.82) is 0 Å². The first-order valence-corrected chi connectivity index (χ1v) is 10.2. The quantitative estimate of drug-likeness (QED) is 0.296. The van der Waals surface area contributed by atoms with E-state index in [1.54, 1.807) is 12.3 Å². The fourth-order valence-electron chi connectivity index (χ4n) is 3.08. The minimum absolute atomic E-state index is 0.0292. The second-order valence-electron chi connectivity index (χ2n) is 6.39. The van der Waals surface area contributed by atoms with Crippen LogP contribution in [0.5, 0.6) is 0 Å². The third-order valence-corrected chi connectivity index (χ3v) is 5.32. The molecule has 0 fully saturated rings. The summed E-state index contributed by atoms with van der Waals surface area (Å²) < 4.78 is 7.44. The molecule has 0 aliphatic carbocycles. The topological polar surface area (TPSA) is 42.8 Å². The predicted octanol–water partition coefficient (Wildman–Crippen LogP) is 5.56. The van der Waals surface area contributed by atoms with Gasteiger partial charge in [0, 0.05) is 17.5 Å². The summed E-state index contributed by atoms with van der Waals surface area (Å²) in [5.41, 5.74) is 3.24. The summed E-state index contributed by atoms with van der Waals surface area (Å²) in [7, 11) is 0. The van der Waals surface area contributed by atoms with Gasteiger partial charge in [-0.3, -0.25) is 4.99 Å². The Bertz CT molecular complexity index is 1100. The number of aromatic nitrogens is 1. The Morgan fingerprint density at radius 1 is 0.966 bits per heavy atom. The van der Waals surface area contributed by atoms with Crippen molar-refractivity contribution in [3.8, 4) is 11.5 Å². The number of thiazole rings is 1. The van der Waals surface area contributed by atoms with Crippen LogP contribution in [0.2, 0.25) is 0 Å². The van der Waals surface area contributed by atoms with Gasteiger partial charge in [0.1, 0.15) is 5.69 Å². The van der Waals surface area contributed by atoms with Gasteiger partial charge in [-0.25, -0.2) is 4.68 Å². The van der Waals surface area contributed by atoms with Gasteiger partial charge in [0.15, 0.2) is 5.76 Å². The molecule has 29 heavy (non-hydrogen) atoms. The molecule has 0 unspecified atom stereocenters. The molecule has 0 spiro atoms. The van der Waals surface area contributed by atoms with E-state index in [2.05, 4.69) is 60.1 Å². The number of rotatable bonds is 7. The van der Waals surface area contributed by atoms with E-state index in [4.69, 9.17) is 9.52 Å². The second-order valence-corrected chi connectivity index (χ2v) is 7.22. The Morgan fingerprint density at radius 3 is 2.24 bits per heavy atom. The highest BCUT2D eigenvalue weighted by atomic mass is 32.1. The zero-order chi connectivity index (χ0) is 19.9. The average molecular weight is 400 g/mol. The van der Waals surface area contributed by atoms with Gasteiger partial charge in [-0.2, -0.15) is 5.10 Å². The largest absolute Gasteiger partial charge is 0.463 e. The van der Waals surface area contributed by atoms with Crippen molar-refractivity contribution < 1.29 is 4.42 Å². The SMILES string of the molecule is C=CCN=c1scc(-c2ccco2)n1N=CC(c1ccccc1)c1ccccc1. The number of furan rings is 1. The highest BCUT2D eigenvalue weighted by molar-refractivity contribution is 7.07. The van der Waals surface area contributed by atoms with Gasteiger partial charge in [-0.1, -0.05) is 66.7 Å². The molecule has 0 amide bonds. The minimum Gasteiger partial charge on any atom is -0.463 e. The van der Waals surface area contributed by atoms with Crippen LogP contribution in [0, 0.1) is 0 Å². The van der Waals surface area contributed by atoms with Crippen LogP contribution in [-0.2, 0) is 0 Å². The molecule has 4 aromatic rings. The molecule has 4 nitrogen and oxygen atoms in total. The normalized spacial score (nSPS) is 12.1. The summed E-state index contributed by atoms with van der Waals surface area (Å²) in [6, 6.07) is 24.6. The smallest absolute Gasteiger partial charge is 0.206 e. The second kappa shape index (κ2) is 9.17. The summed E-state index contributed by atoms with van der Waals surface area (Å²) in [6.45, 7) is 4.30. The Morgan fingerprint density at radius 2 is 1.66 bits per heavy atom. The molecular weight excluding hydrogens is 378 g/mol. The average Bonchev–Trinajstić information content (AvgIpc) is 3.44. The van der Waals surface area contributed by atoms with Gasteiger partial charge >= 0.3 is 0 Å². The zero-order valence-corrected chi connectivity index (χ0v) is 16.7. The molecule has 0 aliphatic rings. The van der Waals surface area contributed by atoms with E-state index in [-0.39, 0.29) is 5.92 Å². The molecule has 0 radical (unpaired) electrons. The first kappa shape index (κ1) is 18.9. The number of benzene rings is 2. The molecule has 2 heterocycles. The first-order chi connectivity index (χ1) is 14.4. The van der Waals surface area contributed by atoms with Crippen molar-refractivity contribution in [2.24, 2.45) is 10.1 Å². The van der Waals surface area contributed by atoms with E-state index in [1.165, 1.54) is 22.5 Å². The first-order valence-electron chi connectivity index (χ1n) is 9.37. The Balaban J connectivity index is 1.80. The standard InChI is InChI=1S/C24H21N3OS/c1-2-15-25-24-27(22(18-29-24)23-14-9-16-28-23)26-17-21(19-10-5-3-6-11-19)20-12-7-4-8-13-20/h2-14,16-18,21H,1,15H2. The third kappa shape index (κ3) is 4.36. The monoisotopic (exact) mass is 399 g/mol. The van der Waals surface area contributed by atoms with E-state index in [1.807, 2.05) is 40.5 Å². The van der Waals surface area contributed by atoms with E-state index in [0.29, 0.717) is 6.54 Å². The summed E-state index contributed by atoms with van der Waals surface area (Å²) in [6.07, 6.45) is 5.41. The van der Waals surface area contributed by atoms with Gasteiger partial charge in [0.25, 0.3) is 0 Å². The minimum atomic E-state index is 0.0292. The van der Waals surface area contributed by atoms with Crippen LogP contribution < -0.4 is 4.80 Å². The van der Waals surface area contributed by atoms with Crippen LogP contribution >= 0.6 is 11.3 Å². The summed E-state index contributed by atoms with van der Waals surface area (Å²) in [5.74, 6) is 0.788. The van der Waals surface area contributed by atoms with Crippen molar-refractivity contribution in [2.45, 2.75) is 5.92 Å². The van der Waals surface area contributed by atoms with Gasteiger partial charge in [-0.05, 0) is 23.3 Å². The molecular formula is C24H21N3OS. The highest BCUT2D eigenvalue weighted by Crippen LogP contribution is 2.24. The maximum atomic E-state index is 5.60. The molecule has 0 N–H and O–H groups in total. The van der Waals surface area contributed by atoms with Crippen molar-refractivity contribution in [2.75, 3.05) is 6.54 Å². The fraction of sp³-hybridized carbons (Fsp3) is 0.0833. The molecule has 0 bridgehead atoms. The fourth-order valence-corrected chi connectivity index (χ4v) is 3.90. The Hall–Kier alpha value is -3.44. The summed E-state index contributed by atoms with van der Waals surface area (Å²) >= 11 is 1.53. The van der Waals surface area contributed by atoms with Gasteiger partial charge < -0.3 is 4.42 Å².